The molecule has 0 aliphatic heterocycles. The van der Waals surface area contributed by atoms with Crippen LogP contribution in [0.15, 0.2) is 24.3 Å². The Morgan fingerprint density at radius 3 is 2.53 bits per heavy atom. The zero-order chi connectivity index (χ0) is 12.7. The first-order valence-corrected chi connectivity index (χ1v) is 5.63. The molecule has 0 radical (unpaired) electrons. The van der Waals surface area contributed by atoms with E-state index in [1.165, 1.54) is 0 Å². The average molecular weight is 237 g/mol. The topological polar surface area (TPSA) is 49.8 Å². The molecule has 17 heavy (non-hydrogen) atoms. The second kappa shape index (κ2) is 7.04. The van der Waals surface area contributed by atoms with Crippen molar-refractivity contribution < 1.29 is 14.6 Å². The molecule has 4 heteroatoms. The van der Waals surface area contributed by atoms with Crippen LogP contribution in [0.1, 0.15) is 22.3 Å². The molecular weight excluding hydrogens is 218 g/mol. The normalized spacial score (nSPS) is 10.8. The van der Waals surface area contributed by atoms with Gasteiger partial charge >= 0.3 is 5.97 Å². The molecule has 0 bridgehead atoms. The van der Waals surface area contributed by atoms with E-state index < -0.39 is 5.97 Å². The van der Waals surface area contributed by atoms with E-state index in [0.717, 1.165) is 31.7 Å². The van der Waals surface area contributed by atoms with Gasteiger partial charge in [0.15, 0.2) is 0 Å². The number of methoxy groups -OCH3 is 1. The Morgan fingerprint density at radius 1 is 1.35 bits per heavy atom. The highest BCUT2D eigenvalue weighted by Crippen LogP contribution is 2.07. The second-order valence-corrected chi connectivity index (χ2v) is 4.09. The Labute approximate surface area is 102 Å². The SMILES string of the molecule is COCCCN(C)Cc1ccc(C(=O)O)cc1. The smallest absolute Gasteiger partial charge is 0.335 e. The van der Waals surface area contributed by atoms with Gasteiger partial charge in [0.1, 0.15) is 0 Å². The predicted octanol–water partition coefficient (Wildman–Crippen LogP) is 1.85. The molecule has 0 saturated heterocycles. The Bertz CT molecular complexity index is 348. The summed E-state index contributed by atoms with van der Waals surface area (Å²) < 4.78 is 4.99. The van der Waals surface area contributed by atoms with Crippen molar-refractivity contribution in [2.75, 3.05) is 27.3 Å². The quantitative estimate of drug-likeness (QED) is 0.735. The molecule has 0 heterocycles. The summed E-state index contributed by atoms with van der Waals surface area (Å²) >= 11 is 0. The first-order chi connectivity index (χ1) is 8.13. The molecule has 0 unspecified atom stereocenters. The van der Waals surface area contributed by atoms with Crippen LogP contribution in [0.2, 0.25) is 0 Å². The molecule has 1 rings (SSSR count). The highest BCUT2D eigenvalue weighted by molar-refractivity contribution is 5.87. The maximum Gasteiger partial charge on any atom is 0.335 e. The van der Waals surface area contributed by atoms with Gasteiger partial charge in [-0.25, -0.2) is 4.79 Å². The Kier molecular flexibility index (Phi) is 5.66. The number of ether oxygens (including phenoxy) is 1. The molecule has 0 aromatic heterocycles. The first kappa shape index (κ1) is 13.7. The van der Waals surface area contributed by atoms with Crippen molar-refractivity contribution >= 4 is 5.97 Å². The van der Waals surface area contributed by atoms with Crippen molar-refractivity contribution in [3.05, 3.63) is 35.4 Å². The third kappa shape index (κ3) is 4.97. The molecule has 94 valence electrons. The highest BCUT2D eigenvalue weighted by atomic mass is 16.5. The lowest BCUT2D eigenvalue weighted by molar-refractivity contribution is 0.0697. The number of rotatable bonds is 7. The first-order valence-electron chi connectivity index (χ1n) is 5.63. The third-order valence-corrected chi connectivity index (χ3v) is 2.54. The molecule has 0 spiro atoms. The van der Waals surface area contributed by atoms with Gasteiger partial charge in [0.25, 0.3) is 0 Å². The van der Waals surface area contributed by atoms with Crippen molar-refractivity contribution in [3.63, 3.8) is 0 Å². The fourth-order valence-corrected chi connectivity index (χ4v) is 1.62. The van der Waals surface area contributed by atoms with Crippen molar-refractivity contribution in [1.82, 2.24) is 4.90 Å². The molecule has 0 atom stereocenters. The minimum Gasteiger partial charge on any atom is -0.478 e. The summed E-state index contributed by atoms with van der Waals surface area (Å²) in [5, 5.41) is 8.78. The number of carboxylic acid groups (broad SMARTS) is 1. The van der Waals surface area contributed by atoms with Crippen molar-refractivity contribution in [2.45, 2.75) is 13.0 Å². The molecule has 0 saturated carbocycles. The van der Waals surface area contributed by atoms with Crippen molar-refractivity contribution in [2.24, 2.45) is 0 Å². The summed E-state index contributed by atoms with van der Waals surface area (Å²) in [7, 11) is 3.74. The summed E-state index contributed by atoms with van der Waals surface area (Å²) in [5.41, 5.74) is 1.45. The maximum atomic E-state index is 10.7. The van der Waals surface area contributed by atoms with E-state index in [9.17, 15) is 4.79 Å². The maximum absolute atomic E-state index is 10.7. The number of aromatic carboxylic acids is 1. The van der Waals surface area contributed by atoms with Crippen LogP contribution < -0.4 is 0 Å². The van der Waals surface area contributed by atoms with E-state index in [0.29, 0.717) is 5.56 Å². The third-order valence-electron chi connectivity index (χ3n) is 2.54. The Balaban J connectivity index is 2.43. The molecule has 1 aromatic carbocycles. The lowest BCUT2D eigenvalue weighted by Gasteiger charge is -2.16. The van der Waals surface area contributed by atoms with Crippen LogP contribution in [-0.4, -0.2) is 43.3 Å². The largest absolute Gasteiger partial charge is 0.478 e. The molecule has 0 aliphatic carbocycles. The van der Waals surface area contributed by atoms with Crippen molar-refractivity contribution in [3.8, 4) is 0 Å². The number of benzene rings is 1. The van der Waals surface area contributed by atoms with E-state index in [1.807, 2.05) is 19.2 Å². The van der Waals surface area contributed by atoms with Gasteiger partial charge in [-0.3, -0.25) is 0 Å². The zero-order valence-corrected chi connectivity index (χ0v) is 10.3. The van der Waals surface area contributed by atoms with Gasteiger partial charge in [-0.2, -0.15) is 0 Å². The lowest BCUT2D eigenvalue weighted by Crippen LogP contribution is -2.20. The Hall–Kier alpha value is -1.39. The molecule has 1 N–H and O–H groups in total. The van der Waals surface area contributed by atoms with Crippen LogP contribution >= 0.6 is 0 Å². The summed E-state index contributed by atoms with van der Waals surface area (Å²) in [5.74, 6) is -0.884. The molecule has 1 aromatic rings. The van der Waals surface area contributed by atoms with E-state index in [4.69, 9.17) is 9.84 Å². The van der Waals surface area contributed by atoms with Gasteiger partial charge in [0.2, 0.25) is 0 Å². The highest BCUT2D eigenvalue weighted by Gasteiger charge is 2.03. The van der Waals surface area contributed by atoms with Gasteiger partial charge < -0.3 is 14.7 Å². The summed E-state index contributed by atoms with van der Waals surface area (Å²) in [6, 6.07) is 6.99. The fourth-order valence-electron chi connectivity index (χ4n) is 1.62. The van der Waals surface area contributed by atoms with E-state index in [2.05, 4.69) is 4.90 Å². The van der Waals surface area contributed by atoms with Gasteiger partial charge in [-0.15, -0.1) is 0 Å². The monoisotopic (exact) mass is 237 g/mol. The van der Waals surface area contributed by atoms with Gasteiger partial charge in [-0.1, -0.05) is 12.1 Å². The van der Waals surface area contributed by atoms with Crippen LogP contribution in [0, 0.1) is 0 Å². The standard InChI is InChI=1S/C13H19NO3/c1-14(8-3-9-17-2)10-11-4-6-12(7-5-11)13(15)16/h4-7H,3,8-10H2,1-2H3,(H,15,16). The van der Waals surface area contributed by atoms with Crippen LogP contribution in [0.5, 0.6) is 0 Å². The van der Waals surface area contributed by atoms with Gasteiger partial charge in [-0.05, 0) is 31.2 Å². The molecule has 0 amide bonds. The number of hydrogen-bond acceptors (Lipinski definition) is 3. The zero-order valence-electron chi connectivity index (χ0n) is 10.3. The summed E-state index contributed by atoms with van der Waals surface area (Å²) in [6.07, 6.45) is 1.00. The van der Waals surface area contributed by atoms with E-state index >= 15 is 0 Å². The van der Waals surface area contributed by atoms with Gasteiger partial charge in [0.05, 0.1) is 5.56 Å². The minimum atomic E-state index is -0.884. The van der Waals surface area contributed by atoms with Gasteiger partial charge in [0, 0.05) is 26.8 Å². The number of nitrogens with zero attached hydrogens (tertiary/aromatic N) is 1. The number of carboxylic acids is 1. The second-order valence-electron chi connectivity index (χ2n) is 4.09. The average Bonchev–Trinajstić information content (AvgIpc) is 2.30. The molecule has 0 fully saturated rings. The van der Waals surface area contributed by atoms with Crippen molar-refractivity contribution in [1.29, 1.82) is 0 Å². The fraction of sp³-hybridized carbons (Fsp3) is 0.462. The minimum absolute atomic E-state index is 0.329. The van der Waals surface area contributed by atoms with Crippen LogP contribution in [0.4, 0.5) is 0 Å². The summed E-state index contributed by atoms with van der Waals surface area (Å²) in [4.78, 5) is 12.9. The number of carbonyl (C=O) groups is 1. The summed E-state index contributed by atoms with van der Waals surface area (Å²) in [6.45, 7) is 2.56. The molecule has 4 nitrogen and oxygen atoms in total. The van der Waals surface area contributed by atoms with Crippen LogP contribution in [0.25, 0.3) is 0 Å². The molecular formula is C13H19NO3. The van der Waals surface area contributed by atoms with E-state index in [1.54, 1.807) is 19.2 Å². The lowest BCUT2D eigenvalue weighted by atomic mass is 10.1. The Morgan fingerprint density at radius 2 is 2.00 bits per heavy atom. The molecule has 0 aliphatic rings. The number of hydrogen-bond donors (Lipinski definition) is 1. The van der Waals surface area contributed by atoms with E-state index in [-0.39, 0.29) is 0 Å². The predicted molar refractivity (Wildman–Crippen MR) is 66.2 cm³/mol. The van der Waals surface area contributed by atoms with Crippen LogP contribution in [0.3, 0.4) is 0 Å². The van der Waals surface area contributed by atoms with Crippen LogP contribution in [-0.2, 0) is 11.3 Å².